The molecule has 0 radical (unpaired) electrons. The van der Waals surface area contributed by atoms with Crippen LogP contribution < -0.4 is 0 Å². The van der Waals surface area contributed by atoms with Crippen LogP contribution in [0, 0.1) is 0 Å². The summed E-state index contributed by atoms with van der Waals surface area (Å²) in [6, 6.07) is 11.1. The first-order valence-corrected chi connectivity index (χ1v) is 15.2. The molecule has 2 heterocycles. The van der Waals surface area contributed by atoms with Gasteiger partial charge in [0.15, 0.2) is 0 Å². The van der Waals surface area contributed by atoms with Gasteiger partial charge in [-0.15, -0.1) is 0 Å². The fourth-order valence-corrected chi connectivity index (χ4v) is 7.79. The number of halogens is 2. The summed E-state index contributed by atoms with van der Waals surface area (Å²) in [6.45, 7) is 4.83. The smallest absolute Gasteiger partial charge is 0.261 e. The van der Waals surface area contributed by atoms with Crippen molar-refractivity contribution in [1.29, 1.82) is 0 Å². The zero-order chi connectivity index (χ0) is 28.0. The van der Waals surface area contributed by atoms with Crippen molar-refractivity contribution in [3.8, 4) is 0 Å². The number of nitrogens with zero attached hydrogens (tertiary/aromatic N) is 2. The number of imide groups is 2. The summed E-state index contributed by atoms with van der Waals surface area (Å²) in [5.74, 6) is -1.11. The summed E-state index contributed by atoms with van der Waals surface area (Å²) in [6.07, 6.45) is 3.24. The summed E-state index contributed by atoms with van der Waals surface area (Å²) in [4.78, 5) is 57.0. The van der Waals surface area contributed by atoms with E-state index in [0.29, 0.717) is 46.1 Å². The molecule has 5 aromatic rings. The van der Waals surface area contributed by atoms with Crippen molar-refractivity contribution in [3.63, 3.8) is 0 Å². The van der Waals surface area contributed by atoms with Crippen molar-refractivity contribution >= 4 is 98.6 Å². The maximum Gasteiger partial charge on any atom is 0.261 e. The van der Waals surface area contributed by atoms with Crippen LogP contribution in [0.5, 0.6) is 0 Å². The van der Waals surface area contributed by atoms with Crippen LogP contribution in [0.3, 0.4) is 0 Å². The van der Waals surface area contributed by atoms with Gasteiger partial charge in [0.2, 0.25) is 0 Å². The van der Waals surface area contributed by atoms with Gasteiger partial charge in [0.25, 0.3) is 23.6 Å². The summed E-state index contributed by atoms with van der Waals surface area (Å²) in [5.41, 5.74) is 2.03. The number of rotatable bonds is 6. The Morgan fingerprint density at radius 1 is 0.525 bits per heavy atom. The number of amides is 4. The third kappa shape index (κ3) is 3.20. The lowest BCUT2D eigenvalue weighted by Gasteiger charge is -2.31. The Morgan fingerprint density at radius 3 is 1.35 bits per heavy atom. The Balaban J connectivity index is 1.61. The van der Waals surface area contributed by atoms with E-state index in [9.17, 15) is 19.2 Å². The fourth-order valence-electron chi connectivity index (χ4n) is 6.51. The lowest BCUT2D eigenvalue weighted by molar-refractivity contribution is 0.0593. The Morgan fingerprint density at radius 2 is 0.925 bits per heavy atom. The quantitative estimate of drug-likeness (QED) is 0.105. The molecule has 0 aromatic heterocycles. The monoisotopic (exact) mass is 658 g/mol. The number of carbonyl (C=O) groups is 4. The zero-order valence-corrected chi connectivity index (χ0v) is 25.2. The van der Waals surface area contributed by atoms with Crippen LogP contribution >= 0.6 is 31.9 Å². The highest BCUT2D eigenvalue weighted by Crippen LogP contribution is 2.50. The van der Waals surface area contributed by atoms with Crippen molar-refractivity contribution < 1.29 is 19.2 Å². The van der Waals surface area contributed by atoms with Gasteiger partial charge in [-0.05, 0) is 53.3 Å². The molecular formula is C32H24Br2N2O4. The molecule has 0 saturated heterocycles. The standard InChI is InChI=1S/C32H24Br2N2O4/c1-3-5-11-35-29(37)17-9-7-15-23-16(8-10-18(24(17)23)30(35)38)27-22(34)14-20-25-19(13-21(33)26(15)28(25)27)31(39)36(32(20)40)12-6-4-2/h7-10,13-14H,3-6,11-12H2,1-2H3. The Labute approximate surface area is 246 Å². The van der Waals surface area contributed by atoms with E-state index in [1.165, 1.54) is 9.80 Å². The second-order valence-corrected chi connectivity index (χ2v) is 12.3. The molecule has 5 aromatic carbocycles. The van der Waals surface area contributed by atoms with Crippen molar-refractivity contribution in [2.45, 2.75) is 39.5 Å². The highest BCUT2D eigenvalue weighted by atomic mass is 79.9. The number of hydrogen-bond donors (Lipinski definition) is 0. The van der Waals surface area contributed by atoms with Gasteiger partial charge in [-0.3, -0.25) is 29.0 Å². The summed E-state index contributed by atoms with van der Waals surface area (Å²) in [5, 5.41) is 6.39. The normalized spacial score (nSPS) is 15.2. The van der Waals surface area contributed by atoms with E-state index >= 15 is 0 Å². The van der Waals surface area contributed by atoms with Gasteiger partial charge in [-0.1, -0.05) is 70.7 Å². The Kier molecular flexibility index (Phi) is 5.81. The Hall–Kier alpha value is -3.36. The first-order valence-electron chi connectivity index (χ1n) is 13.6. The first-order chi connectivity index (χ1) is 19.3. The highest BCUT2D eigenvalue weighted by Gasteiger charge is 2.37. The van der Waals surface area contributed by atoms with Gasteiger partial charge in [-0.25, -0.2) is 0 Å². The maximum atomic E-state index is 13.6. The van der Waals surface area contributed by atoms with E-state index in [1.54, 1.807) is 0 Å². The minimum Gasteiger partial charge on any atom is -0.274 e. The van der Waals surface area contributed by atoms with Gasteiger partial charge in [0, 0.05) is 71.2 Å². The van der Waals surface area contributed by atoms with E-state index in [2.05, 4.69) is 31.9 Å². The molecule has 4 amide bonds. The second kappa shape index (κ2) is 9.08. The van der Waals surface area contributed by atoms with Crippen LogP contribution in [0.15, 0.2) is 45.3 Å². The topological polar surface area (TPSA) is 74.8 Å². The minimum absolute atomic E-state index is 0.271. The van der Waals surface area contributed by atoms with Crippen LogP contribution in [0.25, 0.3) is 43.1 Å². The molecule has 2 aliphatic rings. The summed E-state index contributed by atoms with van der Waals surface area (Å²) >= 11 is 7.52. The number of benzene rings is 5. The molecule has 6 nitrogen and oxygen atoms in total. The fraction of sp³-hybridized carbons (Fsp3) is 0.250. The van der Waals surface area contributed by atoms with Crippen LogP contribution in [-0.4, -0.2) is 46.5 Å². The summed E-state index contributed by atoms with van der Waals surface area (Å²) < 4.78 is 1.45. The SMILES string of the molecule is CCCCN1C(=O)c2ccc3c4c(Br)cc5c6c(cc(Br)c(c7ccc(c2c37)C1=O)c64)C(=O)N(CCCC)C5=O. The van der Waals surface area contributed by atoms with Crippen molar-refractivity contribution in [3.05, 3.63) is 67.6 Å². The lowest BCUT2D eigenvalue weighted by Crippen LogP contribution is -2.41. The second-order valence-electron chi connectivity index (χ2n) is 10.6. The van der Waals surface area contributed by atoms with Gasteiger partial charge in [0.05, 0.1) is 0 Å². The number of unbranched alkanes of at least 4 members (excludes halogenated alkanes) is 2. The average molecular weight is 660 g/mol. The predicted octanol–water partition coefficient (Wildman–Crippen LogP) is 8.05. The molecule has 200 valence electrons. The molecule has 0 bridgehead atoms. The van der Waals surface area contributed by atoms with Gasteiger partial charge < -0.3 is 0 Å². The highest BCUT2D eigenvalue weighted by molar-refractivity contribution is 9.11. The molecule has 0 unspecified atom stereocenters. The van der Waals surface area contributed by atoms with Gasteiger partial charge in [0.1, 0.15) is 0 Å². The third-order valence-corrected chi connectivity index (χ3v) is 9.63. The van der Waals surface area contributed by atoms with E-state index in [4.69, 9.17) is 0 Å². The Bertz CT molecular complexity index is 1870. The largest absolute Gasteiger partial charge is 0.274 e. The number of fused-ring (bicyclic) bond motifs is 2. The molecule has 7 rings (SSSR count). The van der Waals surface area contributed by atoms with Crippen molar-refractivity contribution in [2.24, 2.45) is 0 Å². The van der Waals surface area contributed by atoms with Crippen LogP contribution in [0.1, 0.15) is 81.0 Å². The van der Waals surface area contributed by atoms with E-state index < -0.39 is 0 Å². The van der Waals surface area contributed by atoms with Crippen molar-refractivity contribution in [2.75, 3.05) is 13.1 Å². The summed E-state index contributed by atoms with van der Waals surface area (Å²) in [7, 11) is 0. The maximum absolute atomic E-state index is 13.6. The molecule has 0 saturated carbocycles. The molecule has 0 fully saturated rings. The molecule has 0 N–H and O–H groups in total. The molecular weight excluding hydrogens is 636 g/mol. The number of hydrogen-bond acceptors (Lipinski definition) is 4. The van der Waals surface area contributed by atoms with Gasteiger partial charge >= 0.3 is 0 Å². The van der Waals surface area contributed by atoms with E-state index in [-0.39, 0.29) is 23.6 Å². The van der Waals surface area contributed by atoms with Crippen LogP contribution in [0.4, 0.5) is 0 Å². The molecule has 8 heteroatoms. The van der Waals surface area contributed by atoms with Crippen molar-refractivity contribution in [1.82, 2.24) is 9.80 Å². The molecule has 0 spiro atoms. The lowest BCUT2D eigenvalue weighted by atomic mass is 9.82. The average Bonchev–Trinajstić information content (AvgIpc) is 2.94. The third-order valence-electron chi connectivity index (χ3n) is 8.38. The zero-order valence-electron chi connectivity index (χ0n) is 22.0. The first kappa shape index (κ1) is 25.6. The molecule has 40 heavy (non-hydrogen) atoms. The molecule has 2 aliphatic heterocycles. The van der Waals surface area contributed by atoms with E-state index in [0.717, 1.165) is 66.9 Å². The van der Waals surface area contributed by atoms with E-state index in [1.807, 2.05) is 50.2 Å². The van der Waals surface area contributed by atoms with Crippen LogP contribution in [0.2, 0.25) is 0 Å². The van der Waals surface area contributed by atoms with Gasteiger partial charge in [-0.2, -0.15) is 0 Å². The molecule has 0 atom stereocenters. The predicted molar refractivity (Wildman–Crippen MR) is 164 cm³/mol. The minimum atomic E-state index is -0.286. The molecule has 0 aliphatic carbocycles. The van der Waals surface area contributed by atoms with Crippen LogP contribution in [-0.2, 0) is 0 Å². The number of carbonyl (C=O) groups excluding carboxylic acids is 4.